The predicted molar refractivity (Wildman–Crippen MR) is 120 cm³/mol. The van der Waals surface area contributed by atoms with E-state index in [4.69, 9.17) is 11.6 Å². The summed E-state index contributed by atoms with van der Waals surface area (Å²) in [5.41, 5.74) is 2.62. The number of anilines is 3. The van der Waals surface area contributed by atoms with Crippen molar-refractivity contribution in [3.63, 3.8) is 0 Å². The first-order chi connectivity index (χ1) is 15.2. The van der Waals surface area contributed by atoms with Crippen molar-refractivity contribution >= 4 is 29.1 Å². The summed E-state index contributed by atoms with van der Waals surface area (Å²) >= 11 is 6.35. The number of nitrogens with one attached hydrogen (secondary N) is 2. The first-order valence-electron chi connectivity index (χ1n) is 10.3. The van der Waals surface area contributed by atoms with Crippen molar-refractivity contribution in [1.29, 1.82) is 0 Å². The molecule has 5 nitrogen and oxygen atoms in total. The summed E-state index contributed by atoms with van der Waals surface area (Å²) in [4.78, 5) is 9.11. The average molecular weight is 463 g/mol. The van der Waals surface area contributed by atoms with Crippen LogP contribution in [0.2, 0.25) is 5.02 Å². The molecule has 1 fully saturated rings. The molecule has 0 amide bonds. The minimum absolute atomic E-state index is 0.265. The van der Waals surface area contributed by atoms with E-state index in [0.717, 1.165) is 31.2 Å². The first-order valence-corrected chi connectivity index (χ1v) is 10.7. The van der Waals surface area contributed by atoms with Crippen molar-refractivity contribution in [2.75, 3.05) is 10.6 Å². The highest BCUT2D eigenvalue weighted by Crippen LogP contribution is 2.31. The summed E-state index contributed by atoms with van der Waals surface area (Å²) in [6.45, 7) is 1.94. The van der Waals surface area contributed by atoms with Crippen LogP contribution in [0.4, 0.5) is 30.6 Å². The third kappa shape index (κ3) is 5.82. The van der Waals surface area contributed by atoms with Crippen LogP contribution in [0.15, 0.2) is 48.5 Å². The maximum atomic E-state index is 12.7. The summed E-state index contributed by atoms with van der Waals surface area (Å²) in [6.07, 6.45) is -0.449. The van der Waals surface area contributed by atoms with Crippen molar-refractivity contribution in [2.24, 2.45) is 0 Å². The lowest BCUT2D eigenvalue weighted by Gasteiger charge is -2.16. The summed E-state index contributed by atoms with van der Waals surface area (Å²) in [5.74, 6) is 0.570. The minimum Gasteiger partial charge on any atom is -0.406 e. The summed E-state index contributed by atoms with van der Waals surface area (Å²) < 4.78 is 42.0. The Morgan fingerprint density at radius 2 is 1.81 bits per heavy atom. The van der Waals surface area contributed by atoms with Crippen molar-refractivity contribution in [3.05, 3.63) is 59.1 Å². The fourth-order valence-electron chi connectivity index (χ4n) is 3.69. The number of ether oxygens (including phenoxy) is 1. The Labute approximate surface area is 189 Å². The summed E-state index contributed by atoms with van der Waals surface area (Å²) in [6, 6.07) is 13.3. The molecule has 1 saturated carbocycles. The predicted octanol–water partition coefficient (Wildman–Crippen LogP) is 7.10. The second-order valence-electron chi connectivity index (χ2n) is 7.77. The molecular formula is C23H22ClF3N4O. The molecule has 0 radical (unpaired) electrons. The zero-order valence-electron chi connectivity index (χ0n) is 17.3. The number of hydrogen-bond donors (Lipinski definition) is 2. The number of benzene rings is 2. The van der Waals surface area contributed by atoms with Crippen molar-refractivity contribution < 1.29 is 17.9 Å². The van der Waals surface area contributed by atoms with Gasteiger partial charge in [0.1, 0.15) is 11.6 Å². The Morgan fingerprint density at radius 3 is 2.53 bits per heavy atom. The topological polar surface area (TPSA) is 59.1 Å². The first kappa shape index (κ1) is 22.2. The molecule has 1 heterocycles. The lowest BCUT2D eigenvalue weighted by atomic mass is 10.1. The number of hydrogen-bond acceptors (Lipinski definition) is 5. The van der Waals surface area contributed by atoms with Crippen LogP contribution in [0.1, 0.15) is 31.2 Å². The molecule has 0 unspecified atom stereocenters. The maximum Gasteiger partial charge on any atom is 0.573 e. The number of alkyl halides is 3. The SMILES string of the molecule is Cc1ccc(Nc2cc(-c3cccc(OC(F)(F)F)c3)nc(NC3CCCC3)n2)c(Cl)c1. The molecule has 32 heavy (non-hydrogen) atoms. The standard InChI is InChI=1S/C23H22ClF3N4O/c1-14-9-10-19(18(24)11-14)29-21-13-20(30-22(31-21)28-16-6-2-3-7-16)15-5-4-8-17(12-15)32-23(25,26)27/h4-5,8-13,16H,2-3,6-7H2,1H3,(H2,28,29,30,31). The quantitative estimate of drug-likeness (QED) is 0.409. The average Bonchev–Trinajstić information content (AvgIpc) is 3.22. The van der Waals surface area contributed by atoms with Crippen LogP contribution in [0.25, 0.3) is 11.3 Å². The number of rotatable bonds is 6. The number of aromatic nitrogens is 2. The molecule has 1 aromatic heterocycles. The van der Waals surface area contributed by atoms with Gasteiger partial charge in [-0.25, -0.2) is 4.98 Å². The van der Waals surface area contributed by atoms with Crippen LogP contribution in [-0.4, -0.2) is 22.4 Å². The molecule has 1 aliphatic carbocycles. The molecule has 1 aliphatic rings. The molecule has 4 rings (SSSR count). The molecule has 9 heteroatoms. The van der Waals surface area contributed by atoms with E-state index in [1.807, 2.05) is 25.1 Å². The van der Waals surface area contributed by atoms with Crippen molar-refractivity contribution in [2.45, 2.75) is 45.0 Å². The Hall–Kier alpha value is -3.00. The van der Waals surface area contributed by atoms with E-state index < -0.39 is 6.36 Å². The largest absolute Gasteiger partial charge is 0.573 e. The van der Waals surface area contributed by atoms with E-state index in [-0.39, 0.29) is 11.8 Å². The minimum atomic E-state index is -4.77. The molecule has 0 atom stereocenters. The fraction of sp³-hybridized carbons (Fsp3) is 0.304. The third-order valence-corrected chi connectivity index (χ3v) is 5.48. The lowest BCUT2D eigenvalue weighted by Crippen LogP contribution is -2.17. The highest BCUT2D eigenvalue weighted by molar-refractivity contribution is 6.33. The molecule has 0 spiro atoms. The third-order valence-electron chi connectivity index (χ3n) is 5.17. The second-order valence-corrected chi connectivity index (χ2v) is 8.18. The van der Waals surface area contributed by atoms with Gasteiger partial charge < -0.3 is 15.4 Å². The number of aryl methyl sites for hydroxylation is 1. The van der Waals surface area contributed by atoms with Crippen LogP contribution in [-0.2, 0) is 0 Å². The maximum absolute atomic E-state index is 12.7. The van der Waals surface area contributed by atoms with E-state index in [1.54, 1.807) is 12.1 Å². The lowest BCUT2D eigenvalue weighted by molar-refractivity contribution is -0.274. The summed E-state index contributed by atoms with van der Waals surface area (Å²) in [7, 11) is 0. The van der Waals surface area contributed by atoms with Gasteiger partial charge in [-0.3, -0.25) is 0 Å². The van der Waals surface area contributed by atoms with Gasteiger partial charge in [0.25, 0.3) is 0 Å². The van der Waals surface area contributed by atoms with Crippen LogP contribution in [0, 0.1) is 6.92 Å². The van der Waals surface area contributed by atoms with E-state index in [2.05, 4.69) is 25.3 Å². The van der Waals surface area contributed by atoms with E-state index in [1.165, 1.54) is 18.2 Å². The van der Waals surface area contributed by atoms with Crippen LogP contribution < -0.4 is 15.4 Å². The highest BCUT2D eigenvalue weighted by atomic mass is 35.5. The van der Waals surface area contributed by atoms with Gasteiger partial charge in [0.05, 0.1) is 16.4 Å². The van der Waals surface area contributed by atoms with E-state index in [0.29, 0.717) is 33.7 Å². The highest BCUT2D eigenvalue weighted by Gasteiger charge is 2.31. The van der Waals surface area contributed by atoms with Gasteiger partial charge in [0, 0.05) is 17.7 Å². The van der Waals surface area contributed by atoms with Gasteiger partial charge in [0.15, 0.2) is 0 Å². The van der Waals surface area contributed by atoms with Crippen LogP contribution in [0.3, 0.4) is 0 Å². The monoisotopic (exact) mass is 462 g/mol. The van der Waals surface area contributed by atoms with Gasteiger partial charge in [-0.1, -0.05) is 42.6 Å². The zero-order chi connectivity index (χ0) is 22.7. The fourth-order valence-corrected chi connectivity index (χ4v) is 3.97. The molecule has 2 N–H and O–H groups in total. The molecule has 3 aromatic rings. The van der Waals surface area contributed by atoms with Crippen LogP contribution in [0.5, 0.6) is 5.75 Å². The van der Waals surface area contributed by atoms with Gasteiger partial charge >= 0.3 is 6.36 Å². The molecule has 0 saturated heterocycles. The normalized spacial score (nSPS) is 14.4. The summed E-state index contributed by atoms with van der Waals surface area (Å²) in [5, 5.41) is 7.08. The van der Waals surface area contributed by atoms with Gasteiger partial charge in [-0.15, -0.1) is 13.2 Å². The molecular weight excluding hydrogens is 441 g/mol. The Balaban J connectivity index is 1.69. The molecule has 0 bridgehead atoms. The zero-order valence-corrected chi connectivity index (χ0v) is 18.1. The van der Waals surface area contributed by atoms with E-state index >= 15 is 0 Å². The molecule has 0 aliphatic heterocycles. The van der Waals surface area contributed by atoms with Crippen molar-refractivity contribution in [3.8, 4) is 17.0 Å². The smallest absolute Gasteiger partial charge is 0.406 e. The van der Waals surface area contributed by atoms with Gasteiger partial charge in [0.2, 0.25) is 5.95 Å². The second kappa shape index (κ2) is 9.24. The Bertz CT molecular complexity index is 1100. The molecule has 168 valence electrons. The van der Waals surface area contributed by atoms with Crippen molar-refractivity contribution in [1.82, 2.24) is 9.97 Å². The van der Waals surface area contributed by atoms with Gasteiger partial charge in [-0.05, 0) is 49.6 Å². The number of nitrogens with zero attached hydrogens (tertiary/aromatic N) is 2. The van der Waals surface area contributed by atoms with Crippen LogP contribution >= 0.6 is 11.6 Å². The Kier molecular flexibility index (Phi) is 6.41. The van der Waals surface area contributed by atoms with Gasteiger partial charge in [-0.2, -0.15) is 4.98 Å². The number of halogens is 4. The molecule has 2 aromatic carbocycles. The van der Waals surface area contributed by atoms with E-state index in [9.17, 15) is 13.2 Å². The Morgan fingerprint density at radius 1 is 1.03 bits per heavy atom.